The summed E-state index contributed by atoms with van der Waals surface area (Å²) in [6.07, 6.45) is 0. The molecule has 0 atom stereocenters. The number of nitrogens with zero attached hydrogens (tertiary/aromatic N) is 1. The van der Waals surface area contributed by atoms with Crippen molar-refractivity contribution in [2.45, 2.75) is 12.3 Å². The largest absolute Gasteiger partial charge is 0.497 e. The van der Waals surface area contributed by atoms with Crippen molar-refractivity contribution in [2.24, 2.45) is 0 Å². The molecule has 146 valence electrons. The van der Waals surface area contributed by atoms with Crippen LogP contribution in [-0.4, -0.2) is 53.1 Å². The van der Waals surface area contributed by atoms with Crippen LogP contribution in [0.15, 0.2) is 48.5 Å². The molecular formula is C20H27N2O4S+. The number of quaternary nitrogens is 1. The summed E-state index contributed by atoms with van der Waals surface area (Å²) >= 11 is 0. The molecule has 3 rings (SSSR count). The van der Waals surface area contributed by atoms with Gasteiger partial charge >= 0.3 is 0 Å². The Morgan fingerprint density at radius 2 is 1.70 bits per heavy atom. The van der Waals surface area contributed by atoms with E-state index in [1.165, 1.54) is 4.90 Å². The molecule has 0 unspecified atom stereocenters. The Kier molecular flexibility index (Phi) is 6.36. The molecule has 6 nitrogen and oxygen atoms in total. The standard InChI is InChI=1S/C20H26N2O4S/c1-25-19-9-8-18(20(14-19)26-2)15-21-10-12-22(13-11-21)27(23,24)16-17-6-4-3-5-7-17/h3-9,14H,10-13,15-16H2,1-2H3/p+1. The van der Waals surface area contributed by atoms with Gasteiger partial charge < -0.3 is 14.4 Å². The lowest BCUT2D eigenvalue weighted by atomic mass is 10.1. The lowest BCUT2D eigenvalue weighted by molar-refractivity contribution is -0.917. The van der Waals surface area contributed by atoms with Gasteiger partial charge in [0.15, 0.2) is 0 Å². The Balaban J connectivity index is 1.59. The van der Waals surface area contributed by atoms with Crippen LogP contribution in [-0.2, 0) is 22.3 Å². The van der Waals surface area contributed by atoms with Crippen LogP contribution in [0.5, 0.6) is 11.5 Å². The third-order valence-electron chi connectivity index (χ3n) is 4.95. The topological polar surface area (TPSA) is 60.3 Å². The normalized spacial score (nSPS) is 16.2. The van der Waals surface area contributed by atoms with E-state index in [9.17, 15) is 8.42 Å². The number of ether oxygens (including phenoxy) is 2. The van der Waals surface area contributed by atoms with E-state index in [0.717, 1.165) is 42.3 Å². The molecular weight excluding hydrogens is 364 g/mol. The molecule has 1 N–H and O–H groups in total. The molecule has 0 saturated carbocycles. The van der Waals surface area contributed by atoms with Crippen molar-refractivity contribution in [3.8, 4) is 11.5 Å². The zero-order chi connectivity index (χ0) is 19.3. The summed E-state index contributed by atoms with van der Waals surface area (Å²) in [5, 5.41) is 0. The maximum atomic E-state index is 12.7. The maximum Gasteiger partial charge on any atom is 0.218 e. The fourth-order valence-electron chi connectivity index (χ4n) is 3.40. The van der Waals surface area contributed by atoms with Crippen LogP contribution < -0.4 is 14.4 Å². The second-order valence-corrected chi connectivity index (χ2v) is 8.71. The first-order valence-corrected chi connectivity index (χ1v) is 10.7. The average Bonchev–Trinajstić information content (AvgIpc) is 2.69. The van der Waals surface area contributed by atoms with Gasteiger partial charge in [-0.3, -0.25) is 0 Å². The molecule has 27 heavy (non-hydrogen) atoms. The minimum atomic E-state index is -3.28. The predicted molar refractivity (Wildman–Crippen MR) is 105 cm³/mol. The van der Waals surface area contributed by atoms with Gasteiger partial charge in [-0.15, -0.1) is 0 Å². The van der Waals surface area contributed by atoms with Crippen LogP contribution >= 0.6 is 0 Å². The first-order valence-electron chi connectivity index (χ1n) is 9.08. The molecule has 1 aliphatic heterocycles. The Bertz CT molecular complexity index is 848. The van der Waals surface area contributed by atoms with Gasteiger partial charge in [-0.1, -0.05) is 30.3 Å². The van der Waals surface area contributed by atoms with E-state index in [1.54, 1.807) is 18.5 Å². The molecule has 0 spiro atoms. The fourth-order valence-corrected chi connectivity index (χ4v) is 4.94. The zero-order valence-electron chi connectivity index (χ0n) is 15.8. The molecule has 1 aliphatic rings. The summed E-state index contributed by atoms with van der Waals surface area (Å²) in [6, 6.07) is 15.2. The number of hydrogen-bond acceptors (Lipinski definition) is 4. The minimum Gasteiger partial charge on any atom is -0.497 e. The van der Waals surface area contributed by atoms with Gasteiger partial charge in [0.2, 0.25) is 10.0 Å². The highest BCUT2D eigenvalue weighted by Gasteiger charge is 2.29. The maximum absolute atomic E-state index is 12.7. The van der Waals surface area contributed by atoms with Crippen molar-refractivity contribution >= 4 is 10.0 Å². The molecule has 7 heteroatoms. The first kappa shape index (κ1) is 19.7. The highest BCUT2D eigenvalue weighted by Crippen LogP contribution is 2.24. The van der Waals surface area contributed by atoms with Gasteiger partial charge in [-0.2, -0.15) is 4.31 Å². The molecule has 1 saturated heterocycles. The predicted octanol–water partition coefficient (Wildman–Crippen LogP) is 0.934. The third-order valence-corrected chi connectivity index (χ3v) is 6.80. The summed E-state index contributed by atoms with van der Waals surface area (Å²) in [6.45, 7) is 3.46. The number of piperazine rings is 1. The van der Waals surface area contributed by atoms with Gasteiger partial charge in [-0.25, -0.2) is 8.42 Å². The molecule has 1 fully saturated rings. The Labute approximate surface area is 161 Å². The van der Waals surface area contributed by atoms with E-state index in [2.05, 4.69) is 0 Å². The van der Waals surface area contributed by atoms with E-state index in [4.69, 9.17) is 9.47 Å². The summed E-state index contributed by atoms with van der Waals surface area (Å²) in [5.41, 5.74) is 1.93. The highest BCUT2D eigenvalue weighted by atomic mass is 32.2. The van der Waals surface area contributed by atoms with Crippen LogP contribution in [0.25, 0.3) is 0 Å². The van der Waals surface area contributed by atoms with Gasteiger partial charge in [0.25, 0.3) is 0 Å². The number of nitrogens with one attached hydrogen (secondary N) is 1. The van der Waals surface area contributed by atoms with Crippen molar-refractivity contribution in [3.05, 3.63) is 59.7 Å². The smallest absolute Gasteiger partial charge is 0.218 e. The van der Waals surface area contributed by atoms with Gasteiger partial charge in [0.05, 0.1) is 46.2 Å². The summed E-state index contributed by atoms with van der Waals surface area (Å²) in [4.78, 5) is 1.35. The van der Waals surface area contributed by atoms with E-state index < -0.39 is 10.0 Å². The number of methoxy groups -OCH3 is 2. The van der Waals surface area contributed by atoms with Gasteiger partial charge in [0.1, 0.15) is 18.0 Å². The van der Waals surface area contributed by atoms with Gasteiger partial charge in [-0.05, 0) is 17.7 Å². The number of rotatable bonds is 7. The zero-order valence-corrected chi connectivity index (χ0v) is 16.7. The Morgan fingerprint density at radius 1 is 1.00 bits per heavy atom. The molecule has 0 radical (unpaired) electrons. The monoisotopic (exact) mass is 391 g/mol. The number of hydrogen-bond donors (Lipinski definition) is 1. The molecule has 0 amide bonds. The summed E-state index contributed by atoms with van der Waals surface area (Å²) < 4.78 is 37.7. The second kappa shape index (κ2) is 8.73. The van der Waals surface area contributed by atoms with Crippen LogP contribution in [0.3, 0.4) is 0 Å². The van der Waals surface area contributed by atoms with Crippen LogP contribution in [0, 0.1) is 0 Å². The molecule has 0 bridgehead atoms. The van der Waals surface area contributed by atoms with Crippen LogP contribution in [0.4, 0.5) is 0 Å². The van der Waals surface area contributed by atoms with Crippen molar-refractivity contribution < 1.29 is 22.8 Å². The first-order chi connectivity index (χ1) is 13.0. The molecule has 0 aromatic heterocycles. The second-order valence-electron chi connectivity index (χ2n) is 6.75. The lowest BCUT2D eigenvalue weighted by Crippen LogP contribution is -3.13. The lowest BCUT2D eigenvalue weighted by Gasteiger charge is -2.31. The highest BCUT2D eigenvalue weighted by molar-refractivity contribution is 7.88. The Morgan fingerprint density at radius 3 is 2.33 bits per heavy atom. The number of sulfonamides is 1. The molecule has 0 aliphatic carbocycles. The fraction of sp³-hybridized carbons (Fsp3) is 0.400. The van der Waals surface area contributed by atoms with Crippen molar-refractivity contribution in [1.82, 2.24) is 4.31 Å². The molecule has 1 heterocycles. The third kappa shape index (κ3) is 5.00. The van der Waals surface area contributed by atoms with Crippen LogP contribution in [0.2, 0.25) is 0 Å². The minimum absolute atomic E-state index is 0.0650. The van der Waals surface area contributed by atoms with Crippen molar-refractivity contribution in [2.75, 3.05) is 40.4 Å². The average molecular weight is 392 g/mol. The van der Waals surface area contributed by atoms with Crippen molar-refractivity contribution in [3.63, 3.8) is 0 Å². The summed E-state index contributed by atoms with van der Waals surface area (Å²) in [7, 11) is 0.0125. The van der Waals surface area contributed by atoms with Gasteiger partial charge in [0, 0.05) is 11.6 Å². The SMILES string of the molecule is COc1ccc(C[NH+]2CCN(S(=O)(=O)Cc3ccccc3)CC2)c(OC)c1. The van der Waals surface area contributed by atoms with E-state index in [-0.39, 0.29) is 5.75 Å². The molecule has 2 aromatic rings. The van der Waals surface area contributed by atoms with Crippen molar-refractivity contribution in [1.29, 1.82) is 0 Å². The summed E-state index contributed by atoms with van der Waals surface area (Å²) in [5.74, 6) is 1.64. The van der Waals surface area contributed by atoms with E-state index >= 15 is 0 Å². The number of benzene rings is 2. The van der Waals surface area contributed by atoms with E-state index in [0.29, 0.717) is 13.1 Å². The molecule has 2 aromatic carbocycles. The van der Waals surface area contributed by atoms with Crippen LogP contribution in [0.1, 0.15) is 11.1 Å². The van der Waals surface area contributed by atoms with E-state index in [1.807, 2.05) is 48.5 Å². The quantitative estimate of drug-likeness (QED) is 0.763. The Hall–Kier alpha value is -2.09.